The molecular formula is C28H25N3O4. The number of fused-ring (bicyclic) bond motifs is 3. The van der Waals surface area contributed by atoms with Gasteiger partial charge in [0.2, 0.25) is 12.7 Å². The third kappa shape index (κ3) is 3.60. The Kier molecular flexibility index (Phi) is 5.17. The van der Waals surface area contributed by atoms with Gasteiger partial charge in [-0.2, -0.15) is 0 Å². The van der Waals surface area contributed by atoms with Crippen molar-refractivity contribution in [2.75, 3.05) is 20.4 Å². The Morgan fingerprint density at radius 3 is 2.77 bits per heavy atom. The highest BCUT2D eigenvalue weighted by molar-refractivity contribution is 6.01. The Hall–Kier alpha value is -4.26. The monoisotopic (exact) mass is 467 g/mol. The van der Waals surface area contributed by atoms with Crippen molar-refractivity contribution in [3.05, 3.63) is 95.2 Å². The molecule has 0 saturated heterocycles. The van der Waals surface area contributed by atoms with Crippen LogP contribution in [0.25, 0.3) is 10.9 Å². The molecule has 3 aromatic carbocycles. The van der Waals surface area contributed by atoms with Crippen LogP contribution in [0.5, 0.6) is 11.5 Å². The lowest BCUT2D eigenvalue weighted by molar-refractivity contribution is -0.124. The molecule has 7 nitrogen and oxygen atoms in total. The number of nitrogens with zero attached hydrogens (tertiary/aromatic N) is 1. The van der Waals surface area contributed by atoms with Crippen LogP contribution in [0.15, 0.2) is 72.9 Å². The number of carbonyl (C=O) groups is 2. The minimum absolute atomic E-state index is 0.105. The number of rotatable bonds is 5. The summed E-state index contributed by atoms with van der Waals surface area (Å²) in [6.07, 6.45) is 2.70. The zero-order chi connectivity index (χ0) is 23.9. The van der Waals surface area contributed by atoms with E-state index in [1.165, 1.54) is 0 Å². The minimum Gasteiger partial charge on any atom is -0.454 e. The maximum Gasteiger partial charge on any atom is 0.254 e. The molecule has 2 atom stereocenters. The van der Waals surface area contributed by atoms with E-state index in [-0.39, 0.29) is 18.6 Å². The summed E-state index contributed by atoms with van der Waals surface area (Å²) in [4.78, 5) is 31.9. The van der Waals surface area contributed by atoms with Crippen LogP contribution in [-0.2, 0) is 11.2 Å². The van der Waals surface area contributed by atoms with Gasteiger partial charge >= 0.3 is 0 Å². The number of aromatic nitrogens is 1. The topological polar surface area (TPSA) is 83.7 Å². The first-order valence-corrected chi connectivity index (χ1v) is 11.7. The summed E-state index contributed by atoms with van der Waals surface area (Å²) >= 11 is 0. The number of aromatic amines is 1. The van der Waals surface area contributed by atoms with Crippen molar-refractivity contribution in [1.29, 1.82) is 0 Å². The van der Waals surface area contributed by atoms with E-state index in [1.807, 2.05) is 60.8 Å². The summed E-state index contributed by atoms with van der Waals surface area (Å²) in [7, 11) is 1.75. The van der Waals surface area contributed by atoms with E-state index in [9.17, 15) is 9.59 Å². The van der Waals surface area contributed by atoms with Crippen molar-refractivity contribution in [1.82, 2.24) is 15.2 Å². The molecule has 6 rings (SSSR count). The molecule has 0 fully saturated rings. The fourth-order valence-electron chi connectivity index (χ4n) is 5.24. The van der Waals surface area contributed by atoms with E-state index in [4.69, 9.17) is 9.47 Å². The van der Waals surface area contributed by atoms with Gasteiger partial charge in [0.15, 0.2) is 11.5 Å². The van der Waals surface area contributed by atoms with Gasteiger partial charge in [0.1, 0.15) is 0 Å². The van der Waals surface area contributed by atoms with Crippen molar-refractivity contribution in [3.63, 3.8) is 0 Å². The van der Waals surface area contributed by atoms with Crippen molar-refractivity contribution in [2.24, 2.45) is 0 Å². The number of amides is 2. The number of hydrogen-bond acceptors (Lipinski definition) is 4. The molecule has 3 heterocycles. The summed E-state index contributed by atoms with van der Waals surface area (Å²) in [6, 6.07) is 20.6. The maximum absolute atomic E-state index is 13.7. The molecular weight excluding hydrogens is 442 g/mol. The lowest BCUT2D eigenvalue weighted by Gasteiger charge is -2.39. The van der Waals surface area contributed by atoms with E-state index < -0.39 is 12.0 Å². The van der Waals surface area contributed by atoms with Gasteiger partial charge in [-0.15, -0.1) is 0 Å². The number of benzene rings is 3. The molecule has 7 heteroatoms. The van der Waals surface area contributed by atoms with E-state index >= 15 is 0 Å². The van der Waals surface area contributed by atoms with Gasteiger partial charge in [0, 0.05) is 36.3 Å². The summed E-state index contributed by atoms with van der Waals surface area (Å²) < 4.78 is 11.0. The third-order valence-corrected chi connectivity index (χ3v) is 6.97. The lowest BCUT2D eigenvalue weighted by Crippen LogP contribution is -2.45. The molecule has 0 radical (unpaired) electrons. The first-order valence-electron chi connectivity index (χ1n) is 11.7. The molecule has 35 heavy (non-hydrogen) atoms. The molecule has 0 spiro atoms. The summed E-state index contributed by atoms with van der Waals surface area (Å²) in [6.45, 7) is 0.656. The molecule has 2 aliphatic rings. The number of H-pyrrole nitrogens is 1. The molecule has 0 unspecified atom stereocenters. The van der Waals surface area contributed by atoms with Crippen LogP contribution in [0.4, 0.5) is 0 Å². The largest absolute Gasteiger partial charge is 0.454 e. The van der Waals surface area contributed by atoms with Gasteiger partial charge in [-0.1, -0.05) is 42.5 Å². The van der Waals surface area contributed by atoms with Crippen LogP contribution < -0.4 is 14.8 Å². The number of likely N-dealkylation sites (N-methyl/N-ethyl adjacent to an activating group) is 1. The smallest absolute Gasteiger partial charge is 0.254 e. The highest BCUT2D eigenvalue weighted by Crippen LogP contribution is 2.44. The Morgan fingerprint density at radius 2 is 1.86 bits per heavy atom. The Bertz CT molecular complexity index is 1440. The normalized spacial score (nSPS) is 18.5. The second-order valence-corrected chi connectivity index (χ2v) is 8.94. The first kappa shape index (κ1) is 21.3. The van der Waals surface area contributed by atoms with Gasteiger partial charge in [-0.3, -0.25) is 9.59 Å². The Labute approximate surface area is 202 Å². The van der Waals surface area contributed by atoms with Gasteiger partial charge in [0.25, 0.3) is 5.91 Å². The Balaban J connectivity index is 1.31. The fraction of sp³-hybridized carbons (Fsp3) is 0.214. The van der Waals surface area contributed by atoms with Crippen LogP contribution in [0.2, 0.25) is 0 Å². The number of nitrogens with one attached hydrogen (secondary N) is 2. The van der Waals surface area contributed by atoms with Crippen molar-refractivity contribution in [2.45, 2.75) is 18.4 Å². The third-order valence-electron chi connectivity index (χ3n) is 6.97. The van der Waals surface area contributed by atoms with Crippen LogP contribution in [-0.4, -0.2) is 42.1 Å². The van der Waals surface area contributed by atoms with Gasteiger partial charge in [-0.25, -0.2) is 0 Å². The quantitative estimate of drug-likeness (QED) is 0.462. The fourth-order valence-corrected chi connectivity index (χ4v) is 5.24. The van der Waals surface area contributed by atoms with E-state index in [2.05, 4.69) is 16.4 Å². The lowest BCUT2D eigenvalue weighted by atomic mass is 9.79. The van der Waals surface area contributed by atoms with Crippen LogP contribution in [0.3, 0.4) is 0 Å². The van der Waals surface area contributed by atoms with Gasteiger partial charge in [-0.05, 0) is 47.4 Å². The second kappa shape index (κ2) is 8.51. The summed E-state index contributed by atoms with van der Waals surface area (Å²) in [5.41, 5.74) is 4.37. The number of para-hydroxylation sites is 1. The zero-order valence-electron chi connectivity index (χ0n) is 19.3. The number of carbonyl (C=O) groups excluding carboxylic acids is 2. The van der Waals surface area contributed by atoms with Gasteiger partial charge in [0.05, 0.1) is 12.0 Å². The molecule has 176 valence electrons. The minimum atomic E-state index is -0.558. The highest BCUT2D eigenvalue weighted by atomic mass is 16.7. The molecule has 0 saturated carbocycles. The van der Waals surface area contributed by atoms with Crippen molar-refractivity contribution < 1.29 is 19.1 Å². The molecule has 2 aliphatic heterocycles. The predicted molar refractivity (Wildman–Crippen MR) is 132 cm³/mol. The average Bonchev–Trinajstić information content (AvgIpc) is 3.52. The summed E-state index contributed by atoms with van der Waals surface area (Å²) in [5.74, 6) is 0.516. The molecule has 0 aliphatic carbocycles. The average molecular weight is 468 g/mol. The van der Waals surface area contributed by atoms with Crippen LogP contribution in [0, 0.1) is 0 Å². The molecule has 4 aromatic rings. The molecule has 2 N–H and O–H groups in total. The van der Waals surface area contributed by atoms with E-state index in [0.29, 0.717) is 30.0 Å². The molecule has 2 amide bonds. The van der Waals surface area contributed by atoms with E-state index in [1.54, 1.807) is 18.0 Å². The number of hydrogen-bond donors (Lipinski definition) is 2. The summed E-state index contributed by atoms with van der Waals surface area (Å²) in [5, 5.41) is 4.30. The van der Waals surface area contributed by atoms with E-state index in [0.717, 1.165) is 27.6 Å². The first-order chi connectivity index (χ1) is 17.1. The SMILES string of the molecule is CN1C(=O)c2ccccc2[C@H](C(=O)NCCc2c[nH]c3ccccc23)[C@H]1c1ccc2c(c1)OCO2. The molecule has 1 aromatic heterocycles. The standard InChI is InChI=1S/C28H25N3O4/c1-31-26(17-10-11-23-24(14-17)35-16-34-23)25(20-7-2-3-8-21(20)28(31)33)27(32)29-13-12-18-15-30-22-9-5-4-6-19(18)22/h2-11,14-15,25-26,30H,12-13,16H2,1H3,(H,29,32)/t25-,26+/m0/s1. The maximum atomic E-state index is 13.7. The van der Waals surface area contributed by atoms with Gasteiger partial charge < -0.3 is 24.7 Å². The second-order valence-electron chi connectivity index (χ2n) is 8.94. The van der Waals surface area contributed by atoms with Crippen LogP contribution in [0.1, 0.15) is 39.0 Å². The highest BCUT2D eigenvalue weighted by Gasteiger charge is 2.42. The zero-order valence-corrected chi connectivity index (χ0v) is 19.3. The van der Waals surface area contributed by atoms with Crippen molar-refractivity contribution >= 4 is 22.7 Å². The van der Waals surface area contributed by atoms with Crippen LogP contribution >= 0.6 is 0 Å². The Morgan fingerprint density at radius 1 is 1.06 bits per heavy atom. The van der Waals surface area contributed by atoms with Crippen molar-refractivity contribution in [3.8, 4) is 11.5 Å². The number of ether oxygens (including phenoxy) is 2. The predicted octanol–water partition coefficient (Wildman–Crippen LogP) is 4.17. The molecule has 0 bridgehead atoms.